The Bertz CT molecular complexity index is 495. The molecule has 1 saturated heterocycles. The van der Waals surface area contributed by atoms with Gasteiger partial charge < -0.3 is 14.4 Å². The average molecular weight is 289 g/mol. The molecule has 1 aliphatic heterocycles. The Labute approximate surface area is 126 Å². The molecule has 0 bridgehead atoms. The van der Waals surface area contributed by atoms with Crippen LogP contribution in [0.15, 0.2) is 24.3 Å². The van der Waals surface area contributed by atoms with E-state index in [1.807, 2.05) is 23.1 Å². The van der Waals surface area contributed by atoms with E-state index in [0.717, 1.165) is 31.5 Å². The summed E-state index contributed by atoms with van der Waals surface area (Å²) in [6, 6.07) is 5.58. The van der Waals surface area contributed by atoms with Gasteiger partial charge in [0.15, 0.2) is 0 Å². The number of benzene rings is 1. The second kappa shape index (κ2) is 7.16. The number of rotatable bonds is 4. The zero-order valence-electron chi connectivity index (χ0n) is 13.0. The normalized spacial score (nSPS) is 16.2. The topological polar surface area (TPSA) is 38.8 Å². The van der Waals surface area contributed by atoms with E-state index in [0.29, 0.717) is 17.4 Å². The van der Waals surface area contributed by atoms with Crippen molar-refractivity contribution in [2.75, 3.05) is 27.3 Å². The van der Waals surface area contributed by atoms with Crippen LogP contribution in [0.3, 0.4) is 0 Å². The summed E-state index contributed by atoms with van der Waals surface area (Å²) < 4.78 is 10.6. The van der Waals surface area contributed by atoms with Gasteiger partial charge in [-0.05, 0) is 37.0 Å². The SMILES string of the molecule is COc1cccc(OC)c1/C=C/C(=O)N1CCC(C)CC1. The third-order valence-electron chi connectivity index (χ3n) is 3.95. The molecule has 21 heavy (non-hydrogen) atoms. The molecule has 0 aromatic heterocycles. The predicted molar refractivity (Wildman–Crippen MR) is 83.6 cm³/mol. The molecule has 1 amide bonds. The largest absolute Gasteiger partial charge is 0.496 e. The van der Waals surface area contributed by atoms with Gasteiger partial charge in [-0.3, -0.25) is 4.79 Å². The Kier molecular flexibility index (Phi) is 5.26. The first kappa shape index (κ1) is 15.4. The maximum absolute atomic E-state index is 12.2. The molecule has 0 spiro atoms. The highest BCUT2D eigenvalue weighted by molar-refractivity contribution is 5.92. The number of likely N-dealkylation sites (tertiary alicyclic amines) is 1. The summed E-state index contributed by atoms with van der Waals surface area (Å²) in [7, 11) is 3.22. The first-order valence-corrected chi connectivity index (χ1v) is 7.33. The van der Waals surface area contributed by atoms with Crippen molar-refractivity contribution in [1.29, 1.82) is 0 Å². The predicted octanol–water partition coefficient (Wildman–Crippen LogP) is 2.98. The van der Waals surface area contributed by atoms with Crippen LogP contribution in [0.1, 0.15) is 25.3 Å². The van der Waals surface area contributed by atoms with Gasteiger partial charge in [0, 0.05) is 19.2 Å². The van der Waals surface area contributed by atoms with E-state index in [1.54, 1.807) is 26.4 Å². The first-order chi connectivity index (χ1) is 10.2. The molecule has 4 heteroatoms. The summed E-state index contributed by atoms with van der Waals surface area (Å²) in [6.07, 6.45) is 5.55. The molecular weight excluding hydrogens is 266 g/mol. The van der Waals surface area contributed by atoms with E-state index in [1.165, 1.54) is 0 Å². The molecule has 0 unspecified atom stereocenters. The van der Waals surface area contributed by atoms with Crippen molar-refractivity contribution in [3.63, 3.8) is 0 Å². The number of methoxy groups -OCH3 is 2. The lowest BCUT2D eigenvalue weighted by molar-refractivity contribution is -0.127. The van der Waals surface area contributed by atoms with Crippen LogP contribution in [0.4, 0.5) is 0 Å². The second-order valence-corrected chi connectivity index (χ2v) is 5.42. The third kappa shape index (κ3) is 3.78. The Morgan fingerprint density at radius 2 is 1.76 bits per heavy atom. The highest BCUT2D eigenvalue weighted by Gasteiger charge is 2.18. The molecule has 0 aliphatic carbocycles. The quantitative estimate of drug-likeness (QED) is 0.800. The van der Waals surface area contributed by atoms with Crippen LogP contribution >= 0.6 is 0 Å². The number of amides is 1. The summed E-state index contributed by atoms with van der Waals surface area (Å²) >= 11 is 0. The molecule has 0 saturated carbocycles. The number of hydrogen-bond donors (Lipinski definition) is 0. The maximum atomic E-state index is 12.2. The lowest BCUT2D eigenvalue weighted by Crippen LogP contribution is -2.36. The Morgan fingerprint density at radius 1 is 1.19 bits per heavy atom. The van der Waals surface area contributed by atoms with Crippen molar-refractivity contribution in [2.45, 2.75) is 19.8 Å². The van der Waals surface area contributed by atoms with E-state index in [-0.39, 0.29) is 5.91 Å². The fraction of sp³-hybridized carbons (Fsp3) is 0.471. The van der Waals surface area contributed by atoms with Crippen LogP contribution in [-0.2, 0) is 4.79 Å². The van der Waals surface area contributed by atoms with Gasteiger partial charge in [-0.25, -0.2) is 0 Å². The van der Waals surface area contributed by atoms with E-state index >= 15 is 0 Å². The van der Waals surface area contributed by atoms with E-state index < -0.39 is 0 Å². The highest BCUT2D eigenvalue weighted by atomic mass is 16.5. The van der Waals surface area contributed by atoms with Crippen LogP contribution in [0.25, 0.3) is 6.08 Å². The van der Waals surface area contributed by atoms with Crippen LogP contribution in [0, 0.1) is 5.92 Å². The Balaban J connectivity index is 2.12. The Hall–Kier alpha value is -1.97. The van der Waals surface area contributed by atoms with Gasteiger partial charge in [0.1, 0.15) is 11.5 Å². The third-order valence-corrected chi connectivity index (χ3v) is 3.95. The lowest BCUT2D eigenvalue weighted by atomic mass is 9.99. The molecule has 4 nitrogen and oxygen atoms in total. The molecule has 1 aliphatic rings. The Morgan fingerprint density at radius 3 is 2.29 bits per heavy atom. The molecule has 1 fully saturated rings. The molecule has 1 aromatic rings. The zero-order valence-corrected chi connectivity index (χ0v) is 13.0. The summed E-state index contributed by atoms with van der Waals surface area (Å²) in [5.41, 5.74) is 0.793. The minimum Gasteiger partial charge on any atom is -0.496 e. The van der Waals surface area contributed by atoms with Gasteiger partial charge in [-0.15, -0.1) is 0 Å². The standard InChI is InChI=1S/C17H23NO3/c1-13-9-11-18(12-10-13)17(19)8-7-14-15(20-2)5-4-6-16(14)21-3/h4-8,13H,9-12H2,1-3H3/b8-7+. The molecule has 0 N–H and O–H groups in total. The second-order valence-electron chi connectivity index (χ2n) is 5.42. The van der Waals surface area contributed by atoms with Gasteiger partial charge in [0.25, 0.3) is 0 Å². The first-order valence-electron chi connectivity index (χ1n) is 7.33. The maximum Gasteiger partial charge on any atom is 0.246 e. The average Bonchev–Trinajstić information content (AvgIpc) is 2.52. The van der Waals surface area contributed by atoms with Crippen molar-refractivity contribution in [1.82, 2.24) is 4.90 Å². The fourth-order valence-electron chi connectivity index (χ4n) is 2.53. The van der Waals surface area contributed by atoms with E-state index in [9.17, 15) is 4.79 Å². The minimum atomic E-state index is 0.0508. The number of carbonyl (C=O) groups is 1. The fourth-order valence-corrected chi connectivity index (χ4v) is 2.53. The number of piperidine rings is 1. The van der Waals surface area contributed by atoms with Gasteiger partial charge in [-0.2, -0.15) is 0 Å². The molecular formula is C17H23NO3. The van der Waals surface area contributed by atoms with Crippen molar-refractivity contribution in [2.24, 2.45) is 5.92 Å². The van der Waals surface area contributed by atoms with Crippen LogP contribution in [0.2, 0.25) is 0 Å². The van der Waals surface area contributed by atoms with Gasteiger partial charge in [0.2, 0.25) is 5.91 Å². The summed E-state index contributed by atoms with van der Waals surface area (Å²) in [5, 5.41) is 0. The smallest absolute Gasteiger partial charge is 0.246 e. The van der Waals surface area contributed by atoms with Crippen molar-refractivity contribution >= 4 is 12.0 Å². The molecule has 1 aromatic carbocycles. The van der Waals surface area contributed by atoms with Gasteiger partial charge in [-0.1, -0.05) is 13.0 Å². The highest BCUT2D eigenvalue weighted by Crippen LogP contribution is 2.29. The van der Waals surface area contributed by atoms with Crippen LogP contribution in [0.5, 0.6) is 11.5 Å². The van der Waals surface area contributed by atoms with Crippen molar-refractivity contribution < 1.29 is 14.3 Å². The van der Waals surface area contributed by atoms with Crippen LogP contribution < -0.4 is 9.47 Å². The molecule has 1 heterocycles. The summed E-state index contributed by atoms with van der Waals surface area (Å²) in [6.45, 7) is 3.91. The number of carbonyl (C=O) groups excluding carboxylic acids is 1. The minimum absolute atomic E-state index is 0.0508. The van der Waals surface area contributed by atoms with Gasteiger partial charge in [0.05, 0.1) is 19.8 Å². The zero-order chi connectivity index (χ0) is 15.2. The molecule has 114 valence electrons. The number of ether oxygens (including phenoxy) is 2. The van der Waals surface area contributed by atoms with Crippen molar-refractivity contribution in [3.8, 4) is 11.5 Å². The van der Waals surface area contributed by atoms with Gasteiger partial charge >= 0.3 is 0 Å². The van der Waals surface area contributed by atoms with Crippen LogP contribution in [-0.4, -0.2) is 38.1 Å². The van der Waals surface area contributed by atoms with Crippen molar-refractivity contribution in [3.05, 3.63) is 29.8 Å². The summed E-state index contributed by atoms with van der Waals surface area (Å²) in [4.78, 5) is 14.1. The van der Waals surface area contributed by atoms with E-state index in [4.69, 9.17) is 9.47 Å². The van der Waals surface area contributed by atoms with E-state index in [2.05, 4.69) is 6.92 Å². The lowest BCUT2D eigenvalue weighted by Gasteiger charge is -2.29. The summed E-state index contributed by atoms with van der Waals surface area (Å²) in [5.74, 6) is 2.17. The molecule has 0 radical (unpaired) electrons. The molecule has 0 atom stereocenters. The molecule has 2 rings (SSSR count). The number of nitrogens with zero attached hydrogens (tertiary/aromatic N) is 1. The number of hydrogen-bond acceptors (Lipinski definition) is 3. The monoisotopic (exact) mass is 289 g/mol.